The van der Waals surface area contributed by atoms with Gasteiger partial charge in [-0.15, -0.1) is 0 Å². The molecule has 0 bridgehead atoms. The van der Waals surface area contributed by atoms with E-state index in [9.17, 15) is 0 Å². The number of rotatable bonds is 4. The van der Waals surface area contributed by atoms with Crippen molar-refractivity contribution in [3.05, 3.63) is 29.2 Å². The molecule has 1 rings (SSSR count). The second-order valence-electron chi connectivity index (χ2n) is 3.80. The molecule has 1 atom stereocenters. The van der Waals surface area contributed by atoms with Crippen molar-refractivity contribution in [1.82, 2.24) is 10.5 Å². The molecule has 0 saturated heterocycles. The van der Waals surface area contributed by atoms with Crippen LogP contribution < -0.4 is 5.32 Å². The zero-order valence-corrected chi connectivity index (χ0v) is 9.35. The van der Waals surface area contributed by atoms with Crippen LogP contribution in [0.2, 0.25) is 0 Å². The Morgan fingerprint density at radius 2 is 2.21 bits per heavy atom. The highest BCUT2D eigenvalue weighted by atomic mass is 16.5. The number of nitrogens with zero attached hydrogens (tertiary/aromatic N) is 1. The third-order valence-electron chi connectivity index (χ3n) is 2.23. The number of nitrogens with one attached hydrogen (secondary N) is 1. The van der Waals surface area contributed by atoms with Crippen LogP contribution in [0.5, 0.6) is 0 Å². The maximum absolute atomic E-state index is 5.11. The molecule has 78 valence electrons. The van der Waals surface area contributed by atoms with Gasteiger partial charge in [-0.05, 0) is 27.7 Å². The summed E-state index contributed by atoms with van der Waals surface area (Å²) in [6.45, 7) is 12.7. The molecule has 1 heterocycles. The summed E-state index contributed by atoms with van der Waals surface area (Å²) in [6, 6.07) is 0.262. The summed E-state index contributed by atoms with van der Waals surface area (Å²) in [7, 11) is 0. The van der Waals surface area contributed by atoms with E-state index >= 15 is 0 Å². The minimum Gasteiger partial charge on any atom is -0.361 e. The first kappa shape index (κ1) is 11.0. The summed E-state index contributed by atoms with van der Waals surface area (Å²) in [5.41, 5.74) is 3.25. The van der Waals surface area contributed by atoms with E-state index in [4.69, 9.17) is 4.52 Å². The van der Waals surface area contributed by atoms with Crippen molar-refractivity contribution >= 4 is 0 Å². The fraction of sp³-hybridized carbons (Fsp3) is 0.545. The molecule has 0 radical (unpaired) electrons. The zero-order chi connectivity index (χ0) is 10.7. The first-order valence-electron chi connectivity index (χ1n) is 4.83. The second-order valence-corrected chi connectivity index (χ2v) is 3.80. The third kappa shape index (κ3) is 2.45. The van der Waals surface area contributed by atoms with Gasteiger partial charge in [0.2, 0.25) is 0 Å². The number of aromatic nitrogens is 1. The second kappa shape index (κ2) is 4.42. The fourth-order valence-corrected chi connectivity index (χ4v) is 1.54. The zero-order valence-electron chi connectivity index (χ0n) is 9.35. The van der Waals surface area contributed by atoms with Crippen molar-refractivity contribution in [1.29, 1.82) is 0 Å². The van der Waals surface area contributed by atoms with Crippen molar-refractivity contribution in [2.24, 2.45) is 0 Å². The molecule has 0 saturated carbocycles. The van der Waals surface area contributed by atoms with E-state index in [1.54, 1.807) is 0 Å². The van der Waals surface area contributed by atoms with Crippen molar-refractivity contribution in [3.8, 4) is 0 Å². The van der Waals surface area contributed by atoms with Gasteiger partial charge in [0, 0.05) is 18.2 Å². The van der Waals surface area contributed by atoms with Gasteiger partial charge in [0.15, 0.2) is 0 Å². The lowest BCUT2D eigenvalue weighted by Crippen LogP contribution is -2.21. The molecule has 0 aliphatic carbocycles. The topological polar surface area (TPSA) is 38.1 Å². The van der Waals surface area contributed by atoms with Gasteiger partial charge < -0.3 is 9.84 Å². The van der Waals surface area contributed by atoms with Gasteiger partial charge in [-0.3, -0.25) is 0 Å². The van der Waals surface area contributed by atoms with Crippen molar-refractivity contribution < 1.29 is 4.52 Å². The minimum absolute atomic E-state index is 0.262. The Labute approximate surface area is 85.2 Å². The van der Waals surface area contributed by atoms with Gasteiger partial charge in [0.05, 0.1) is 5.69 Å². The SMILES string of the molecule is C=C(C)CNC(C)c1c(C)noc1C. The Morgan fingerprint density at radius 3 is 2.64 bits per heavy atom. The van der Waals surface area contributed by atoms with Gasteiger partial charge in [0.1, 0.15) is 5.76 Å². The number of hydrogen-bond acceptors (Lipinski definition) is 3. The van der Waals surface area contributed by atoms with Gasteiger partial charge in [0.25, 0.3) is 0 Å². The molecule has 1 aromatic heterocycles. The van der Waals surface area contributed by atoms with E-state index in [0.717, 1.165) is 29.1 Å². The molecule has 0 aromatic carbocycles. The molecule has 0 aliphatic heterocycles. The van der Waals surface area contributed by atoms with E-state index in [1.165, 1.54) is 0 Å². The molecule has 0 fully saturated rings. The molecule has 3 heteroatoms. The largest absolute Gasteiger partial charge is 0.361 e. The lowest BCUT2D eigenvalue weighted by Gasteiger charge is -2.13. The smallest absolute Gasteiger partial charge is 0.138 e. The minimum atomic E-state index is 0.262. The monoisotopic (exact) mass is 194 g/mol. The first-order valence-corrected chi connectivity index (χ1v) is 4.83. The van der Waals surface area contributed by atoms with Gasteiger partial charge in [-0.1, -0.05) is 17.3 Å². The quantitative estimate of drug-likeness (QED) is 0.748. The van der Waals surface area contributed by atoms with Gasteiger partial charge in [-0.25, -0.2) is 0 Å². The molecule has 3 nitrogen and oxygen atoms in total. The summed E-state index contributed by atoms with van der Waals surface area (Å²) in [6.07, 6.45) is 0. The van der Waals surface area contributed by atoms with E-state index in [2.05, 4.69) is 24.0 Å². The molecular formula is C11H18N2O. The summed E-state index contributed by atoms with van der Waals surface area (Å²) in [5, 5.41) is 7.29. The van der Waals surface area contributed by atoms with Crippen LogP contribution in [0.1, 0.15) is 36.9 Å². The normalized spacial score (nSPS) is 12.9. The van der Waals surface area contributed by atoms with Crippen LogP contribution in [0.4, 0.5) is 0 Å². The van der Waals surface area contributed by atoms with Crippen LogP contribution in [0.15, 0.2) is 16.7 Å². The lowest BCUT2D eigenvalue weighted by atomic mass is 10.1. The number of hydrogen-bond donors (Lipinski definition) is 1. The van der Waals surface area contributed by atoms with E-state index in [-0.39, 0.29) is 6.04 Å². The predicted molar refractivity (Wildman–Crippen MR) is 57.2 cm³/mol. The summed E-state index contributed by atoms with van der Waals surface area (Å²) in [5.74, 6) is 0.893. The Kier molecular flexibility index (Phi) is 3.47. The van der Waals surface area contributed by atoms with E-state index in [1.807, 2.05) is 20.8 Å². The summed E-state index contributed by atoms with van der Waals surface area (Å²) < 4.78 is 5.11. The Morgan fingerprint density at radius 1 is 1.57 bits per heavy atom. The van der Waals surface area contributed by atoms with Crippen molar-refractivity contribution in [3.63, 3.8) is 0 Å². The van der Waals surface area contributed by atoms with Gasteiger partial charge >= 0.3 is 0 Å². The standard InChI is InChI=1S/C11H18N2O/c1-7(2)6-12-8(3)11-9(4)13-14-10(11)5/h8,12H,1,6H2,2-5H3. The average Bonchev–Trinajstić information content (AvgIpc) is 2.42. The van der Waals surface area contributed by atoms with Gasteiger partial charge in [-0.2, -0.15) is 0 Å². The molecular weight excluding hydrogens is 176 g/mol. The lowest BCUT2D eigenvalue weighted by molar-refractivity contribution is 0.390. The summed E-state index contributed by atoms with van der Waals surface area (Å²) >= 11 is 0. The fourth-order valence-electron chi connectivity index (χ4n) is 1.54. The Hall–Kier alpha value is -1.09. The molecule has 0 spiro atoms. The predicted octanol–water partition coefficient (Wildman–Crippen LogP) is 2.52. The summed E-state index contributed by atoms with van der Waals surface area (Å²) in [4.78, 5) is 0. The Bertz CT molecular complexity index is 309. The molecule has 1 aromatic rings. The highest BCUT2D eigenvalue weighted by molar-refractivity contribution is 5.24. The van der Waals surface area contributed by atoms with Crippen molar-refractivity contribution in [2.45, 2.75) is 33.7 Å². The number of aryl methyl sites for hydroxylation is 2. The maximum Gasteiger partial charge on any atom is 0.138 e. The van der Waals surface area contributed by atoms with Crippen LogP contribution >= 0.6 is 0 Å². The molecule has 0 amide bonds. The van der Waals surface area contributed by atoms with Crippen LogP contribution in [-0.2, 0) is 0 Å². The average molecular weight is 194 g/mol. The van der Waals surface area contributed by atoms with Crippen LogP contribution in [0, 0.1) is 13.8 Å². The van der Waals surface area contributed by atoms with E-state index < -0.39 is 0 Å². The molecule has 0 aliphatic rings. The Balaban J connectivity index is 2.69. The van der Waals surface area contributed by atoms with Crippen LogP contribution in [0.25, 0.3) is 0 Å². The van der Waals surface area contributed by atoms with Crippen LogP contribution in [-0.4, -0.2) is 11.7 Å². The van der Waals surface area contributed by atoms with Crippen LogP contribution in [0.3, 0.4) is 0 Å². The third-order valence-corrected chi connectivity index (χ3v) is 2.23. The maximum atomic E-state index is 5.11. The van der Waals surface area contributed by atoms with E-state index in [0.29, 0.717) is 0 Å². The first-order chi connectivity index (χ1) is 6.52. The highest BCUT2D eigenvalue weighted by Crippen LogP contribution is 2.20. The van der Waals surface area contributed by atoms with Crippen molar-refractivity contribution in [2.75, 3.05) is 6.54 Å². The molecule has 1 N–H and O–H groups in total. The molecule has 1 unspecified atom stereocenters. The molecule has 14 heavy (non-hydrogen) atoms. The highest BCUT2D eigenvalue weighted by Gasteiger charge is 2.15.